The fourth-order valence-electron chi connectivity index (χ4n) is 3.01. The zero-order valence-electron chi connectivity index (χ0n) is 14.3. The topological polar surface area (TPSA) is 82.0 Å². The molecule has 23 heavy (non-hydrogen) atoms. The average molecular weight is 327 g/mol. The maximum atomic E-state index is 11.9. The van der Waals surface area contributed by atoms with E-state index in [1.54, 1.807) is 0 Å². The highest BCUT2D eigenvalue weighted by molar-refractivity contribution is 5.99. The molecule has 0 bridgehead atoms. The Kier molecular flexibility index (Phi) is 9.48. The molecule has 0 heterocycles. The van der Waals surface area contributed by atoms with Crippen LogP contribution in [0.5, 0.6) is 0 Å². The van der Waals surface area contributed by atoms with Gasteiger partial charge in [-0.15, -0.1) is 4.91 Å². The summed E-state index contributed by atoms with van der Waals surface area (Å²) in [5.74, 6) is -1.73. The van der Waals surface area contributed by atoms with E-state index >= 15 is 0 Å². The first-order valence-electron chi connectivity index (χ1n) is 8.94. The number of rotatable bonds is 5. The summed E-state index contributed by atoms with van der Waals surface area (Å²) in [7, 11) is 0. The van der Waals surface area contributed by atoms with Gasteiger partial charge in [0.2, 0.25) is 0 Å². The summed E-state index contributed by atoms with van der Waals surface area (Å²) < 4.78 is 10.4. The van der Waals surface area contributed by atoms with Gasteiger partial charge in [0.05, 0.1) is 0 Å². The van der Waals surface area contributed by atoms with Gasteiger partial charge in [-0.05, 0) is 56.5 Å². The Hall–Kier alpha value is -1.46. The summed E-state index contributed by atoms with van der Waals surface area (Å²) in [6.07, 6.45) is 9.03. The minimum atomic E-state index is -1.67. The minimum absolute atomic E-state index is 0.196. The number of hydrogen-bond acceptors (Lipinski definition) is 6. The third kappa shape index (κ3) is 6.67. The summed E-state index contributed by atoms with van der Waals surface area (Å²) >= 11 is 0. The Bertz CT molecular complexity index is 341. The lowest BCUT2D eigenvalue weighted by molar-refractivity contribution is -0.164. The Morgan fingerprint density at radius 1 is 0.783 bits per heavy atom. The van der Waals surface area contributed by atoms with Crippen molar-refractivity contribution in [2.75, 3.05) is 0 Å². The maximum absolute atomic E-state index is 11.9. The van der Waals surface area contributed by atoms with Crippen molar-refractivity contribution in [1.82, 2.24) is 0 Å². The molecule has 2 saturated carbocycles. The molecule has 0 aliphatic heterocycles. The molecule has 2 aliphatic rings. The van der Waals surface area contributed by atoms with Crippen LogP contribution in [0.2, 0.25) is 0 Å². The van der Waals surface area contributed by atoms with Gasteiger partial charge in [-0.1, -0.05) is 26.7 Å². The first-order valence-corrected chi connectivity index (χ1v) is 8.94. The predicted octanol–water partition coefficient (Wildman–Crippen LogP) is 3.90. The second-order valence-electron chi connectivity index (χ2n) is 5.90. The molecule has 132 valence electrons. The van der Waals surface area contributed by atoms with Crippen molar-refractivity contribution in [3.8, 4) is 0 Å². The molecule has 0 aromatic rings. The second-order valence-corrected chi connectivity index (χ2v) is 5.90. The number of carbonyl (C=O) groups excluding carboxylic acids is 2. The first kappa shape index (κ1) is 19.6. The Morgan fingerprint density at radius 3 is 1.43 bits per heavy atom. The van der Waals surface area contributed by atoms with E-state index in [2.05, 4.69) is 5.18 Å². The highest BCUT2D eigenvalue weighted by atomic mass is 16.6. The van der Waals surface area contributed by atoms with Crippen LogP contribution in [0.4, 0.5) is 0 Å². The van der Waals surface area contributed by atoms with E-state index in [1.165, 1.54) is 0 Å². The lowest BCUT2D eigenvalue weighted by Crippen LogP contribution is -2.37. The molecule has 2 aliphatic carbocycles. The molecule has 0 spiro atoms. The lowest BCUT2D eigenvalue weighted by atomic mass is 9.97. The Labute approximate surface area is 138 Å². The first-order chi connectivity index (χ1) is 11.2. The van der Waals surface area contributed by atoms with Gasteiger partial charge < -0.3 is 9.47 Å². The zero-order valence-corrected chi connectivity index (χ0v) is 14.3. The molecular formula is C17H29NO5. The van der Waals surface area contributed by atoms with E-state index in [0.717, 1.165) is 64.2 Å². The minimum Gasteiger partial charge on any atom is -0.460 e. The highest BCUT2D eigenvalue weighted by Gasteiger charge is 2.35. The van der Waals surface area contributed by atoms with Gasteiger partial charge in [0.25, 0.3) is 6.04 Å². The number of ether oxygens (including phenoxy) is 2. The van der Waals surface area contributed by atoms with E-state index in [-0.39, 0.29) is 12.2 Å². The van der Waals surface area contributed by atoms with Crippen molar-refractivity contribution in [3.63, 3.8) is 0 Å². The molecule has 6 nitrogen and oxygen atoms in total. The van der Waals surface area contributed by atoms with Crippen LogP contribution < -0.4 is 0 Å². The van der Waals surface area contributed by atoms with Crippen LogP contribution in [-0.4, -0.2) is 30.2 Å². The molecule has 0 saturated heterocycles. The molecule has 2 fully saturated rings. The van der Waals surface area contributed by atoms with Gasteiger partial charge in [0.1, 0.15) is 12.2 Å². The van der Waals surface area contributed by atoms with Crippen LogP contribution in [-0.2, 0) is 19.1 Å². The maximum Gasteiger partial charge on any atom is 0.346 e. The normalized spacial score (nSPS) is 19.4. The lowest BCUT2D eigenvalue weighted by Gasteiger charge is -2.24. The summed E-state index contributed by atoms with van der Waals surface area (Å²) in [6.45, 7) is 4.00. The van der Waals surface area contributed by atoms with Crippen molar-refractivity contribution in [2.45, 2.75) is 96.3 Å². The van der Waals surface area contributed by atoms with E-state index in [0.29, 0.717) is 0 Å². The number of esters is 2. The van der Waals surface area contributed by atoms with Crippen molar-refractivity contribution in [2.24, 2.45) is 5.18 Å². The number of hydrogen-bond donors (Lipinski definition) is 0. The quantitative estimate of drug-likeness (QED) is 0.434. The van der Waals surface area contributed by atoms with Gasteiger partial charge in [-0.25, -0.2) is 9.59 Å². The van der Waals surface area contributed by atoms with Crippen LogP contribution in [0, 0.1) is 4.91 Å². The molecule has 6 heteroatoms. The second kappa shape index (κ2) is 11.1. The largest absolute Gasteiger partial charge is 0.460 e. The van der Waals surface area contributed by atoms with E-state index in [9.17, 15) is 14.5 Å². The number of nitrogens with zero attached hydrogens (tertiary/aromatic N) is 1. The predicted molar refractivity (Wildman–Crippen MR) is 86.9 cm³/mol. The van der Waals surface area contributed by atoms with Gasteiger partial charge in [-0.2, -0.15) is 0 Å². The molecule has 0 N–H and O–H groups in total. The van der Waals surface area contributed by atoms with Crippen LogP contribution >= 0.6 is 0 Å². The summed E-state index contributed by atoms with van der Waals surface area (Å²) in [5.41, 5.74) is 0. The summed E-state index contributed by atoms with van der Waals surface area (Å²) in [4.78, 5) is 34.6. The number of nitroso groups, excluding NO2 is 1. The fraction of sp³-hybridized carbons (Fsp3) is 0.882. The molecular weight excluding hydrogens is 298 g/mol. The third-order valence-corrected chi connectivity index (χ3v) is 4.22. The molecule has 0 unspecified atom stereocenters. The van der Waals surface area contributed by atoms with Crippen molar-refractivity contribution in [3.05, 3.63) is 4.91 Å². The van der Waals surface area contributed by atoms with Gasteiger partial charge in [-0.3, -0.25) is 0 Å². The summed E-state index contributed by atoms with van der Waals surface area (Å²) in [5, 5.41) is 2.62. The molecule has 0 aromatic heterocycles. The van der Waals surface area contributed by atoms with Crippen LogP contribution in [0.1, 0.15) is 78.1 Å². The molecule has 0 amide bonds. The van der Waals surface area contributed by atoms with Crippen LogP contribution in [0.25, 0.3) is 0 Å². The average Bonchev–Trinajstić information content (AvgIpc) is 2.59. The zero-order chi connectivity index (χ0) is 17.1. The molecule has 0 atom stereocenters. The third-order valence-electron chi connectivity index (χ3n) is 4.22. The van der Waals surface area contributed by atoms with Crippen molar-refractivity contribution < 1.29 is 19.1 Å². The summed E-state index contributed by atoms with van der Waals surface area (Å²) in [6, 6.07) is -1.67. The van der Waals surface area contributed by atoms with Gasteiger partial charge in [0.15, 0.2) is 0 Å². The standard InChI is InChI=1S/C15H23NO5.C2H6/c17-14(20-11-7-3-1-4-8-11)13(16-19)15(18)21-12-9-5-2-6-10-12;1-2/h11-13H,1-10H2;1-2H3. The molecule has 0 aromatic carbocycles. The van der Waals surface area contributed by atoms with E-state index in [1.807, 2.05) is 13.8 Å². The fourth-order valence-corrected chi connectivity index (χ4v) is 3.01. The highest BCUT2D eigenvalue weighted by Crippen LogP contribution is 2.23. The van der Waals surface area contributed by atoms with E-state index in [4.69, 9.17) is 9.47 Å². The Balaban J connectivity index is 0.00000127. The smallest absolute Gasteiger partial charge is 0.346 e. The molecule has 2 rings (SSSR count). The van der Waals surface area contributed by atoms with E-state index < -0.39 is 18.0 Å². The van der Waals surface area contributed by atoms with Crippen molar-refractivity contribution >= 4 is 11.9 Å². The van der Waals surface area contributed by atoms with Crippen LogP contribution in [0.3, 0.4) is 0 Å². The van der Waals surface area contributed by atoms with Crippen LogP contribution in [0.15, 0.2) is 5.18 Å². The van der Waals surface area contributed by atoms with Gasteiger partial charge >= 0.3 is 11.9 Å². The van der Waals surface area contributed by atoms with Crippen molar-refractivity contribution in [1.29, 1.82) is 0 Å². The van der Waals surface area contributed by atoms with Gasteiger partial charge in [0, 0.05) is 0 Å². The molecule has 0 radical (unpaired) electrons. The SMILES string of the molecule is CC.O=NC(C(=O)OC1CCCCC1)C(=O)OC1CCCCC1. The Morgan fingerprint density at radius 2 is 1.13 bits per heavy atom. The monoisotopic (exact) mass is 327 g/mol. The number of carbonyl (C=O) groups is 2.